The first kappa shape index (κ1) is 8.62. The Balaban J connectivity index is 3.02. The third-order valence-electron chi connectivity index (χ3n) is 1.76. The van der Waals surface area contributed by atoms with Gasteiger partial charge in [-0.15, -0.1) is 0 Å². The number of aryl methyl sites for hydroxylation is 1. The van der Waals surface area contributed by atoms with Crippen LogP contribution in [0, 0.1) is 6.92 Å². The predicted octanol–water partition coefficient (Wildman–Crippen LogP) is 1.79. The highest BCUT2D eigenvalue weighted by atomic mass is 16.1. The lowest BCUT2D eigenvalue weighted by molar-refractivity contribution is 0.559. The molecule has 0 amide bonds. The van der Waals surface area contributed by atoms with E-state index in [-0.39, 0.29) is 6.04 Å². The number of hydrogen-bond acceptors (Lipinski definition) is 3. The van der Waals surface area contributed by atoms with Crippen LogP contribution < -0.4 is 0 Å². The molecule has 0 aliphatic rings. The quantitative estimate of drug-likeness (QED) is 0.491. The van der Waals surface area contributed by atoms with Gasteiger partial charge in [0.2, 0.25) is 6.08 Å². The van der Waals surface area contributed by atoms with E-state index in [9.17, 15) is 4.79 Å². The lowest BCUT2D eigenvalue weighted by Gasteiger charge is -2.06. The number of pyridine rings is 1. The van der Waals surface area contributed by atoms with E-state index in [0.717, 1.165) is 11.1 Å². The van der Waals surface area contributed by atoms with E-state index in [4.69, 9.17) is 0 Å². The number of rotatable bonds is 2. The zero-order valence-corrected chi connectivity index (χ0v) is 7.11. The molecule has 0 aliphatic carbocycles. The number of aliphatic imine (C=N–C) groups is 1. The first-order chi connectivity index (χ1) is 5.75. The Morgan fingerprint density at radius 2 is 2.42 bits per heavy atom. The molecule has 1 aromatic rings. The molecule has 3 heteroatoms. The highest BCUT2D eigenvalue weighted by Crippen LogP contribution is 2.18. The monoisotopic (exact) mass is 162 g/mol. The van der Waals surface area contributed by atoms with Crippen LogP contribution in [0.15, 0.2) is 23.5 Å². The molecule has 1 aromatic heterocycles. The van der Waals surface area contributed by atoms with Crippen LogP contribution in [0.2, 0.25) is 0 Å². The zero-order chi connectivity index (χ0) is 8.97. The van der Waals surface area contributed by atoms with Crippen LogP contribution in [0.4, 0.5) is 0 Å². The Kier molecular flexibility index (Phi) is 2.72. The summed E-state index contributed by atoms with van der Waals surface area (Å²) in [6.45, 7) is 3.80. The summed E-state index contributed by atoms with van der Waals surface area (Å²) in [6.07, 6.45) is 5.00. The molecule has 1 heterocycles. The molecule has 62 valence electrons. The van der Waals surface area contributed by atoms with Gasteiger partial charge in [0, 0.05) is 12.4 Å². The highest BCUT2D eigenvalue weighted by molar-refractivity contribution is 5.36. The van der Waals surface area contributed by atoms with Crippen molar-refractivity contribution in [1.29, 1.82) is 0 Å². The second-order valence-corrected chi connectivity index (χ2v) is 2.63. The summed E-state index contributed by atoms with van der Waals surface area (Å²) in [7, 11) is 0. The summed E-state index contributed by atoms with van der Waals surface area (Å²) >= 11 is 0. The molecule has 0 fully saturated rings. The Morgan fingerprint density at radius 3 is 3.00 bits per heavy atom. The van der Waals surface area contributed by atoms with Crippen molar-refractivity contribution in [3.63, 3.8) is 0 Å². The Labute approximate surface area is 71.2 Å². The Hall–Kier alpha value is -1.47. The van der Waals surface area contributed by atoms with Gasteiger partial charge in [-0.1, -0.05) is 0 Å². The zero-order valence-electron chi connectivity index (χ0n) is 7.11. The van der Waals surface area contributed by atoms with Crippen molar-refractivity contribution in [3.05, 3.63) is 29.6 Å². The summed E-state index contributed by atoms with van der Waals surface area (Å²) < 4.78 is 0. The smallest absolute Gasteiger partial charge is 0.235 e. The van der Waals surface area contributed by atoms with E-state index in [2.05, 4.69) is 9.98 Å². The van der Waals surface area contributed by atoms with Crippen molar-refractivity contribution in [2.75, 3.05) is 0 Å². The van der Waals surface area contributed by atoms with Crippen LogP contribution in [0.1, 0.15) is 24.1 Å². The SMILES string of the molecule is Cc1cnccc1C(C)N=C=O. The van der Waals surface area contributed by atoms with Crippen LogP contribution in [-0.4, -0.2) is 11.1 Å². The van der Waals surface area contributed by atoms with Gasteiger partial charge in [-0.2, -0.15) is 4.99 Å². The van der Waals surface area contributed by atoms with Crippen molar-refractivity contribution in [2.24, 2.45) is 4.99 Å². The van der Waals surface area contributed by atoms with Crippen LogP contribution in [0.3, 0.4) is 0 Å². The highest BCUT2D eigenvalue weighted by Gasteiger charge is 2.05. The molecule has 0 aromatic carbocycles. The number of aromatic nitrogens is 1. The lowest BCUT2D eigenvalue weighted by Crippen LogP contribution is -1.93. The van der Waals surface area contributed by atoms with E-state index in [1.807, 2.05) is 19.9 Å². The van der Waals surface area contributed by atoms with Gasteiger partial charge in [0.15, 0.2) is 0 Å². The van der Waals surface area contributed by atoms with Crippen molar-refractivity contribution >= 4 is 6.08 Å². The van der Waals surface area contributed by atoms with Crippen LogP contribution in [0.25, 0.3) is 0 Å². The van der Waals surface area contributed by atoms with Gasteiger partial charge in [0.25, 0.3) is 0 Å². The maximum atomic E-state index is 9.99. The van der Waals surface area contributed by atoms with Crippen LogP contribution >= 0.6 is 0 Å². The van der Waals surface area contributed by atoms with Gasteiger partial charge in [0.1, 0.15) is 0 Å². The van der Waals surface area contributed by atoms with Crippen LogP contribution in [-0.2, 0) is 4.79 Å². The minimum Gasteiger partial charge on any atom is -0.264 e. The molecule has 0 saturated heterocycles. The molecule has 0 bridgehead atoms. The van der Waals surface area contributed by atoms with Gasteiger partial charge in [-0.05, 0) is 31.0 Å². The molecule has 0 radical (unpaired) electrons. The summed E-state index contributed by atoms with van der Waals surface area (Å²) in [5.74, 6) is 0. The number of hydrogen-bond donors (Lipinski definition) is 0. The van der Waals surface area contributed by atoms with Crippen molar-refractivity contribution < 1.29 is 4.79 Å². The lowest BCUT2D eigenvalue weighted by atomic mass is 10.1. The molecule has 12 heavy (non-hydrogen) atoms. The fourth-order valence-electron chi connectivity index (χ4n) is 1.10. The molecule has 3 nitrogen and oxygen atoms in total. The standard InChI is InChI=1S/C9H10N2O/c1-7-5-10-4-3-9(7)8(2)11-6-12/h3-5,8H,1-2H3. The average molecular weight is 162 g/mol. The van der Waals surface area contributed by atoms with Crippen molar-refractivity contribution in [3.8, 4) is 0 Å². The fourth-order valence-corrected chi connectivity index (χ4v) is 1.10. The van der Waals surface area contributed by atoms with Gasteiger partial charge in [0.05, 0.1) is 6.04 Å². The minimum atomic E-state index is -0.120. The number of isocyanates is 1. The summed E-state index contributed by atoms with van der Waals surface area (Å²) in [4.78, 5) is 17.6. The van der Waals surface area contributed by atoms with E-state index < -0.39 is 0 Å². The van der Waals surface area contributed by atoms with Gasteiger partial charge in [-0.3, -0.25) is 4.98 Å². The third-order valence-corrected chi connectivity index (χ3v) is 1.76. The van der Waals surface area contributed by atoms with Crippen molar-refractivity contribution in [1.82, 2.24) is 4.98 Å². The Bertz CT molecular complexity index is 316. The first-order valence-corrected chi connectivity index (χ1v) is 3.73. The predicted molar refractivity (Wildman–Crippen MR) is 45.5 cm³/mol. The molecule has 0 N–H and O–H groups in total. The molecule has 0 spiro atoms. The second kappa shape index (κ2) is 3.79. The molecule has 0 aliphatic heterocycles. The largest absolute Gasteiger partial charge is 0.264 e. The van der Waals surface area contributed by atoms with Crippen molar-refractivity contribution in [2.45, 2.75) is 19.9 Å². The third kappa shape index (κ3) is 1.77. The molecule has 0 saturated carbocycles. The van der Waals surface area contributed by atoms with E-state index in [1.54, 1.807) is 18.5 Å². The van der Waals surface area contributed by atoms with E-state index >= 15 is 0 Å². The summed E-state index contributed by atoms with van der Waals surface area (Å²) in [5.41, 5.74) is 2.07. The minimum absolute atomic E-state index is 0.120. The molecule has 1 unspecified atom stereocenters. The molecular formula is C9H10N2O. The van der Waals surface area contributed by atoms with E-state index in [1.165, 1.54) is 0 Å². The van der Waals surface area contributed by atoms with Gasteiger partial charge < -0.3 is 0 Å². The molecule has 1 atom stereocenters. The normalized spacial score (nSPS) is 11.8. The van der Waals surface area contributed by atoms with Gasteiger partial charge in [-0.25, -0.2) is 4.79 Å². The molecular weight excluding hydrogens is 152 g/mol. The Morgan fingerprint density at radius 1 is 1.67 bits per heavy atom. The topological polar surface area (TPSA) is 42.3 Å². The molecule has 1 rings (SSSR count). The first-order valence-electron chi connectivity index (χ1n) is 3.73. The number of carbonyl (C=O) groups excluding carboxylic acids is 1. The van der Waals surface area contributed by atoms with Gasteiger partial charge >= 0.3 is 0 Å². The number of nitrogens with zero attached hydrogens (tertiary/aromatic N) is 2. The second-order valence-electron chi connectivity index (χ2n) is 2.63. The maximum absolute atomic E-state index is 9.99. The summed E-state index contributed by atoms with van der Waals surface area (Å²) in [6, 6.07) is 1.74. The fraction of sp³-hybridized carbons (Fsp3) is 0.333. The van der Waals surface area contributed by atoms with Crippen LogP contribution in [0.5, 0.6) is 0 Å². The maximum Gasteiger partial charge on any atom is 0.235 e. The van der Waals surface area contributed by atoms with E-state index in [0.29, 0.717) is 0 Å². The average Bonchev–Trinajstić information content (AvgIpc) is 2.05. The summed E-state index contributed by atoms with van der Waals surface area (Å²) in [5, 5.41) is 0.